The molecule has 1 heterocycles. The number of amides is 2. The van der Waals surface area contributed by atoms with Crippen LogP contribution in [0.5, 0.6) is 5.75 Å². The minimum Gasteiger partial charge on any atom is -0.428 e. The fraction of sp³-hybridized carbons (Fsp3) is 0.357. The number of pyridine rings is 1. The minimum absolute atomic E-state index is 0.181. The van der Waals surface area contributed by atoms with E-state index in [0.29, 0.717) is 11.3 Å². The van der Waals surface area contributed by atoms with Gasteiger partial charge in [-0.25, -0.2) is 4.79 Å². The van der Waals surface area contributed by atoms with Gasteiger partial charge in [-0.15, -0.1) is 0 Å². The highest BCUT2D eigenvalue weighted by atomic mass is 127. The predicted molar refractivity (Wildman–Crippen MR) is 148 cm³/mol. The average Bonchev–Trinajstić information content (AvgIpc) is 2.90. The quantitative estimate of drug-likeness (QED) is 0.196. The summed E-state index contributed by atoms with van der Waals surface area (Å²) in [7, 11) is 0. The monoisotopic (exact) mass is 656 g/mol. The number of halogens is 5. The second kappa shape index (κ2) is 12.5. The second-order valence-electron chi connectivity index (χ2n) is 9.58. The number of carbonyl (C=O) groups is 1. The zero-order valence-electron chi connectivity index (χ0n) is 20.9. The number of carbonyl (C=O) groups excluding carboxylic acids is 1. The highest BCUT2D eigenvalue weighted by Crippen LogP contribution is 2.36. The van der Waals surface area contributed by atoms with Gasteiger partial charge in [0, 0.05) is 28.3 Å². The number of benzene rings is 2. The molecule has 1 fully saturated rings. The van der Waals surface area contributed by atoms with Gasteiger partial charge >= 0.3 is 18.6 Å². The smallest absolute Gasteiger partial charge is 0.428 e. The Labute approximate surface area is 237 Å². The van der Waals surface area contributed by atoms with Gasteiger partial charge in [-0.05, 0) is 70.8 Å². The molecule has 0 saturated heterocycles. The van der Waals surface area contributed by atoms with E-state index < -0.39 is 29.9 Å². The van der Waals surface area contributed by atoms with Gasteiger partial charge in [0.25, 0.3) is 0 Å². The maximum Gasteiger partial charge on any atom is 0.461 e. The number of nitrogens with one attached hydrogen (secondary N) is 2. The van der Waals surface area contributed by atoms with Crippen LogP contribution in [0.25, 0.3) is 0 Å². The SMILES string of the molecule is N[C@H]1CCCC[C@H]1NC(=O)N[C@@](Cc1ccccc1)(c1cccc(OC(F)(F)C(F)F)c1)c1ccc(I)cn1. The number of alkyl halides is 4. The number of aromatic nitrogens is 1. The van der Waals surface area contributed by atoms with Crippen LogP contribution in [-0.2, 0) is 12.0 Å². The van der Waals surface area contributed by atoms with E-state index in [1.165, 1.54) is 12.1 Å². The van der Waals surface area contributed by atoms with Gasteiger partial charge in [-0.1, -0.05) is 55.3 Å². The molecule has 1 aliphatic rings. The highest BCUT2D eigenvalue weighted by molar-refractivity contribution is 14.1. The topological polar surface area (TPSA) is 89.3 Å². The predicted octanol–water partition coefficient (Wildman–Crippen LogP) is 5.98. The summed E-state index contributed by atoms with van der Waals surface area (Å²) in [5, 5.41) is 6.02. The van der Waals surface area contributed by atoms with Gasteiger partial charge in [0.2, 0.25) is 0 Å². The summed E-state index contributed by atoms with van der Waals surface area (Å²) in [6.07, 6.45) is -3.46. The molecule has 0 unspecified atom stereocenters. The largest absolute Gasteiger partial charge is 0.461 e. The minimum atomic E-state index is -4.69. The Bertz CT molecular complexity index is 1250. The molecule has 208 valence electrons. The van der Waals surface area contributed by atoms with Crippen molar-refractivity contribution in [3.05, 3.63) is 93.3 Å². The van der Waals surface area contributed by atoms with Crippen molar-refractivity contribution < 1.29 is 27.1 Å². The van der Waals surface area contributed by atoms with E-state index >= 15 is 0 Å². The average molecular weight is 656 g/mol. The zero-order valence-corrected chi connectivity index (χ0v) is 23.1. The Balaban J connectivity index is 1.81. The van der Waals surface area contributed by atoms with E-state index in [9.17, 15) is 22.4 Å². The molecule has 2 amide bonds. The molecule has 1 aliphatic carbocycles. The molecule has 4 rings (SSSR count). The Morgan fingerprint density at radius 3 is 2.49 bits per heavy atom. The molecule has 3 aromatic rings. The lowest BCUT2D eigenvalue weighted by Crippen LogP contribution is -2.57. The summed E-state index contributed by atoms with van der Waals surface area (Å²) in [4.78, 5) is 18.1. The van der Waals surface area contributed by atoms with E-state index in [0.717, 1.165) is 40.9 Å². The van der Waals surface area contributed by atoms with Crippen LogP contribution in [0.3, 0.4) is 0 Å². The van der Waals surface area contributed by atoms with Crippen molar-refractivity contribution in [3.8, 4) is 5.75 Å². The van der Waals surface area contributed by atoms with Gasteiger partial charge in [0.05, 0.1) is 5.69 Å². The summed E-state index contributed by atoms with van der Waals surface area (Å²) in [5.74, 6) is -0.475. The van der Waals surface area contributed by atoms with Crippen molar-refractivity contribution in [1.82, 2.24) is 15.6 Å². The summed E-state index contributed by atoms with van der Waals surface area (Å²) in [5.41, 5.74) is 6.44. The first-order chi connectivity index (χ1) is 18.6. The number of ether oxygens (including phenoxy) is 1. The van der Waals surface area contributed by atoms with Crippen molar-refractivity contribution in [3.63, 3.8) is 0 Å². The number of nitrogens with two attached hydrogens (primary N) is 1. The molecule has 39 heavy (non-hydrogen) atoms. The number of hydrogen-bond donors (Lipinski definition) is 3. The molecule has 0 radical (unpaired) electrons. The van der Waals surface area contributed by atoms with Crippen molar-refractivity contribution in [2.75, 3.05) is 0 Å². The van der Waals surface area contributed by atoms with E-state index in [-0.39, 0.29) is 18.5 Å². The molecule has 0 aliphatic heterocycles. The zero-order chi connectivity index (χ0) is 28.0. The number of nitrogens with zero attached hydrogens (tertiary/aromatic N) is 1. The van der Waals surface area contributed by atoms with Crippen molar-refractivity contribution >= 4 is 28.6 Å². The van der Waals surface area contributed by atoms with Gasteiger partial charge < -0.3 is 21.1 Å². The highest BCUT2D eigenvalue weighted by Gasteiger charge is 2.45. The van der Waals surface area contributed by atoms with Crippen LogP contribution in [0.1, 0.15) is 42.5 Å². The molecular weight excluding hydrogens is 627 g/mol. The Kier molecular flexibility index (Phi) is 9.31. The number of hydrogen-bond acceptors (Lipinski definition) is 4. The van der Waals surface area contributed by atoms with Gasteiger partial charge in [-0.2, -0.15) is 17.6 Å². The lowest BCUT2D eigenvalue weighted by atomic mass is 9.80. The van der Waals surface area contributed by atoms with Crippen molar-refractivity contribution in [2.45, 2.75) is 62.3 Å². The normalized spacial score (nSPS) is 19.3. The van der Waals surface area contributed by atoms with Crippen molar-refractivity contribution in [2.24, 2.45) is 5.73 Å². The van der Waals surface area contributed by atoms with E-state index in [4.69, 9.17) is 5.73 Å². The lowest BCUT2D eigenvalue weighted by molar-refractivity contribution is -0.253. The van der Waals surface area contributed by atoms with E-state index in [2.05, 4.69) is 42.9 Å². The maximum atomic E-state index is 13.8. The molecule has 1 aromatic heterocycles. The molecule has 4 N–H and O–H groups in total. The third-order valence-corrected chi connectivity index (χ3v) is 7.41. The summed E-state index contributed by atoms with van der Waals surface area (Å²) in [6, 6.07) is 17.3. The van der Waals surface area contributed by atoms with Crippen LogP contribution in [0.15, 0.2) is 72.9 Å². The second-order valence-corrected chi connectivity index (χ2v) is 10.8. The fourth-order valence-corrected chi connectivity index (χ4v) is 5.13. The first-order valence-electron chi connectivity index (χ1n) is 12.5. The number of rotatable bonds is 9. The maximum absolute atomic E-state index is 13.8. The van der Waals surface area contributed by atoms with Crippen LogP contribution in [0.2, 0.25) is 0 Å². The summed E-state index contributed by atoms with van der Waals surface area (Å²) < 4.78 is 58.6. The van der Waals surface area contributed by atoms with Crippen LogP contribution in [0.4, 0.5) is 22.4 Å². The molecule has 0 bridgehead atoms. The molecule has 11 heteroatoms. The first-order valence-corrected chi connectivity index (χ1v) is 13.6. The molecule has 0 spiro atoms. The van der Waals surface area contributed by atoms with Crippen LogP contribution in [-0.4, -0.2) is 35.6 Å². The molecule has 6 nitrogen and oxygen atoms in total. The van der Waals surface area contributed by atoms with Gasteiger partial charge in [0.1, 0.15) is 11.3 Å². The third-order valence-electron chi connectivity index (χ3n) is 6.77. The van der Waals surface area contributed by atoms with E-state index in [1.807, 2.05) is 36.4 Å². The molecule has 2 aromatic carbocycles. The number of urea groups is 1. The Morgan fingerprint density at radius 2 is 1.82 bits per heavy atom. The third kappa shape index (κ3) is 7.18. The summed E-state index contributed by atoms with van der Waals surface area (Å²) in [6.45, 7) is 0. The Morgan fingerprint density at radius 1 is 1.08 bits per heavy atom. The van der Waals surface area contributed by atoms with Gasteiger partial charge in [-0.3, -0.25) is 4.98 Å². The van der Waals surface area contributed by atoms with Gasteiger partial charge in [0.15, 0.2) is 0 Å². The molecular formula is C28H29F4IN4O2. The first kappa shape index (κ1) is 29.1. The standard InChI is InChI=1S/C28H29F4IN4O2/c29-25(30)28(31,32)39-21-10-6-9-19(15-21)27(16-18-7-2-1-3-8-18,24-14-13-20(33)17-35-24)37-26(38)36-23-12-5-4-11-22(23)34/h1-3,6-10,13-15,17,22-23,25H,4-5,11-12,16,34H2,(H2,36,37,38)/t22-,23+,27-/m0/s1. The van der Waals surface area contributed by atoms with Crippen LogP contribution < -0.4 is 21.1 Å². The summed E-state index contributed by atoms with van der Waals surface area (Å²) >= 11 is 2.10. The van der Waals surface area contributed by atoms with E-state index in [1.54, 1.807) is 18.3 Å². The Hall–Kier alpha value is -2.93. The molecule has 3 atom stereocenters. The van der Waals surface area contributed by atoms with Crippen LogP contribution >= 0.6 is 22.6 Å². The van der Waals surface area contributed by atoms with Crippen LogP contribution in [0, 0.1) is 3.57 Å². The molecule has 1 saturated carbocycles. The van der Waals surface area contributed by atoms with Crippen molar-refractivity contribution in [1.29, 1.82) is 0 Å². The lowest BCUT2D eigenvalue weighted by Gasteiger charge is -2.37. The fourth-order valence-electron chi connectivity index (χ4n) is 4.81.